The van der Waals surface area contributed by atoms with E-state index >= 15 is 4.39 Å². The van der Waals surface area contributed by atoms with Gasteiger partial charge in [0.1, 0.15) is 11.4 Å². The summed E-state index contributed by atoms with van der Waals surface area (Å²) in [5.74, 6) is -0.532. The van der Waals surface area contributed by atoms with Gasteiger partial charge in [0.05, 0.1) is 29.9 Å². The van der Waals surface area contributed by atoms with Crippen LogP contribution in [-0.2, 0) is 11.3 Å². The zero-order valence-corrected chi connectivity index (χ0v) is 14.5. The van der Waals surface area contributed by atoms with Crippen LogP contribution in [0.4, 0.5) is 10.1 Å². The standard InChI is InChI=1S/C18H19FN4O3/c1-10-7-23(8-11(2)25-10)17-12(9-24)6-13-16(14-4-3-5-20-21-14)22-26-18(13)15(17)19/h3-6,10-11,24H,7-9H2,1-2H3/t10-,11+. The lowest BCUT2D eigenvalue weighted by molar-refractivity contribution is -0.00549. The Hall–Kier alpha value is -2.58. The van der Waals surface area contributed by atoms with Crippen molar-refractivity contribution in [1.82, 2.24) is 15.4 Å². The molecule has 0 radical (unpaired) electrons. The highest BCUT2D eigenvalue weighted by atomic mass is 19.1. The second-order valence-electron chi connectivity index (χ2n) is 6.54. The average Bonchev–Trinajstić information content (AvgIpc) is 3.05. The molecule has 0 bridgehead atoms. The van der Waals surface area contributed by atoms with E-state index in [4.69, 9.17) is 9.26 Å². The number of hydrogen-bond donors (Lipinski definition) is 1. The number of fused-ring (bicyclic) bond motifs is 1. The van der Waals surface area contributed by atoms with E-state index < -0.39 is 5.82 Å². The first-order valence-electron chi connectivity index (χ1n) is 8.48. The summed E-state index contributed by atoms with van der Waals surface area (Å²) in [6, 6.07) is 5.15. The fourth-order valence-electron chi connectivity index (χ4n) is 3.52. The number of halogens is 1. The van der Waals surface area contributed by atoms with Crippen LogP contribution in [0.25, 0.3) is 22.4 Å². The second kappa shape index (κ2) is 6.62. The predicted molar refractivity (Wildman–Crippen MR) is 93.1 cm³/mol. The maximum atomic E-state index is 15.3. The summed E-state index contributed by atoms with van der Waals surface area (Å²) in [6.45, 7) is 4.65. The van der Waals surface area contributed by atoms with Crippen LogP contribution in [0.15, 0.2) is 28.9 Å². The van der Waals surface area contributed by atoms with Crippen molar-refractivity contribution in [1.29, 1.82) is 0 Å². The van der Waals surface area contributed by atoms with Gasteiger partial charge in [-0.15, -0.1) is 5.10 Å². The Labute approximate surface area is 149 Å². The molecular formula is C18H19FN4O3. The van der Waals surface area contributed by atoms with Crippen molar-refractivity contribution in [3.8, 4) is 11.4 Å². The lowest BCUT2D eigenvalue weighted by Gasteiger charge is -2.37. The molecule has 26 heavy (non-hydrogen) atoms. The number of aliphatic hydroxyl groups excluding tert-OH is 1. The highest BCUT2D eigenvalue weighted by Gasteiger charge is 2.29. The fourth-order valence-corrected chi connectivity index (χ4v) is 3.52. The smallest absolute Gasteiger partial charge is 0.205 e. The van der Waals surface area contributed by atoms with Crippen LogP contribution in [-0.4, -0.2) is 45.8 Å². The normalized spacial score (nSPS) is 20.7. The van der Waals surface area contributed by atoms with E-state index in [0.717, 1.165) is 0 Å². The molecule has 3 aromatic rings. The number of aliphatic hydroxyl groups is 1. The van der Waals surface area contributed by atoms with Gasteiger partial charge in [-0.1, -0.05) is 5.16 Å². The molecule has 1 aromatic carbocycles. The maximum Gasteiger partial charge on any atom is 0.205 e. The zero-order valence-electron chi connectivity index (χ0n) is 14.5. The Morgan fingerprint density at radius 1 is 1.31 bits per heavy atom. The summed E-state index contributed by atoms with van der Waals surface area (Å²) in [6.07, 6.45) is 1.47. The average molecular weight is 358 g/mol. The van der Waals surface area contributed by atoms with E-state index in [-0.39, 0.29) is 24.4 Å². The number of rotatable bonds is 3. The molecule has 8 heteroatoms. The van der Waals surface area contributed by atoms with Crippen molar-refractivity contribution in [2.45, 2.75) is 32.7 Å². The van der Waals surface area contributed by atoms with Gasteiger partial charge in [-0.25, -0.2) is 4.39 Å². The van der Waals surface area contributed by atoms with Crippen LogP contribution in [0.5, 0.6) is 0 Å². The third kappa shape index (κ3) is 2.81. The molecule has 0 unspecified atom stereocenters. The minimum atomic E-state index is -0.532. The molecule has 3 heterocycles. The zero-order chi connectivity index (χ0) is 18.3. The number of hydrogen-bond acceptors (Lipinski definition) is 7. The molecule has 2 atom stereocenters. The molecule has 136 valence electrons. The summed E-state index contributed by atoms with van der Waals surface area (Å²) in [7, 11) is 0. The Kier molecular flexibility index (Phi) is 4.29. The number of nitrogens with zero attached hydrogens (tertiary/aromatic N) is 4. The molecule has 1 fully saturated rings. The molecule has 7 nitrogen and oxygen atoms in total. The molecule has 1 aliphatic heterocycles. The van der Waals surface area contributed by atoms with Gasteiger partial charge >= 0.3 is 0 Å². The highest BCUT2D eigenvalue weighted by Crippen LogP contribution is 2.37. The van der Waals surface area contributed by atoms with Crippen molar-refractivity contribution in [2.24, 2.45) is 0 Å². The highest BCUT2D eigenvalue weighted by molar-refractivity contribution is 5.94. The summed E-state index contributed by atoms with van der Waals surface area (Å²) in [4.78, 5) is 1.89. The molecule has 0 aliphatic carbocycles. The fraction of sp³-hybridized carbons (Fsp3) is 0.389. The van der Waals surface area contributed by atoms with Gasteiger partial charge in [0.25, 0.3) is 0 Å². The Morgan fingerprint density at radius 2 is 2.08 bits per heavy atom. The lowest BCUT2D eigenvalue weighted by atomic mass is 10.0. The molecule has 2 aromatic heterocycles. The van der Waals surface area contributed by atoms with E-state index in [1.54, 1.807) is 24.4 Å². The third-order valence-electron chi connectivity index (χ3n) is 4.48. The SMILES string of the molecule is C[C@@H]1CN(c2c(CO)cc3c(-c4cccnn4)noc3c2F)C[C@H](C)O1. The number of benzene rings is 1. The van der Waals surface area contributed by atoms with Crippen molar-refractivity contribution < 1.29 is 18.8 Å². The molecule has 1 N–H and O–H groups in total. The van der Waals surface area contributed by atoms with Gasteiger partial charge < -0.3 is 19.3 Å². The van der Waals surface area contributed by atoms with Crippen molar-refractivity contribution in [3.63, 3.8) is 0 Å². The van der Waals surface area contributed by atoms with Crippen LogP contribution in [0, 0.1) is 5.82 Å². The summed E-state index contributed by atoms with van der Waals surface area (Å²) in [5, 5.41) is 22.1. The second-order valence-corrected chi connectivity index (χ2v) is 6.54. The van der Waals surface area contributed by atoms with E-state index in [0.29, 0.717) is 41.1 Å². The van der Waals surface area contributed by atoms with Gasteiger partial charge in [0.2, 0.25) is 5.58 Å². The Morgan fingerprint density at radius 3 is 2.73 bits per heavy atom. The molecular weight excluding hydrogens is 339 g/mol. The third-order valence-corrected chi connectivity index (χ3v) is 4.48. The minimum Gasteiger partial charge on any atom is -0.392 e. The summed E-state index contributed by atoms with van der Waals surface area (Å²) < 4.78 is 26.3. The number of aromatic nitrogens is 3. The van der Waals surface area contributed by atoms with Gasteiger partial charge in [-0.05, 0) is 32.0 Å². The van der Waals surface area contributed by atoms with Crippen LogP contribution < -0.4 is 4.90 Å². The first-order valence-corrected chi connectivity index (χ1v) is 8.48. The van der Waals surface area contributed by atoms with Gasteiger partial charge in [-0.2, -0.15) is 5.10 Å². The summed E-state index contributed by atoms with van der Waals surface area (Å²) >= 11 is 0. The lowest BCUT2D eigenvalue weighted by Crippen LogP contribution is -2.46. The topological polar surface area (TPSA) is 84.5 Å². The summed E-state index contributed by atoms with van der Waals surface area (Å²) in [5.41, 5.74) is 1.74. The monoisotopic (exact) mass is 358 g/mol. The van der Waals surface area contributed by atoms with Crippen molar-refractivity contribution >= 4 is 16.7 Å². The first kappa shape index (κ1) is 16.9. The van der Waals surface area contributed by atoms with Crippen LogP contribution in [0.3, 0.4) is 0 Å². The Bertz CT molecular complexity index is 921. The molecule has 0 amide bonds. The Balaban J connectivity index is 1.86. The van der Waals surface area contributed by atoms with E-state index in [2.05, 4.69) is 15.4 Å². The molecule has 0 spiro atoms. The van der Waals surface area contributed by atoms with E-state index in [1.165, 1.54) is 0 Å². The van der Waals surface area contributed by atoms with Crippen LogP contribution in [0.1, 0.15) is 19.4 Å². The van der Waals surface area contributed by atoms with Crippen LogP contribution >= 0.6 is 0 Å². The molecule has 0 saturated carbocycles. The quantitative estimate of drug-likeness (QED) is 0.770. The van der Waals surface area contributed by atoms with E-state index in [9.17, 15) is 5.11 Å². The van der Waals surface area contributed by atoms with Crippen molar-refractivity contribution in [2.75, 3.05) is 18.0 Å². The molecule has 1 saturated heterocycles. The maximum absolute atomic E-state index is 15.3. The number of ether oxygens (including phenoxy) is 1. The van der Waals surface area contributed by atoms with Gasteiger partial charge in [0.15, 0.2) is 5.82 Å². The van der Waals surface area contributed by atoms with Gasteiger partial charge in [0, 0.05) is 24.8 Å². The van der Waals surface area contributed by atoms with Crippen LogP contribution in [0.2, 0.25) is 0 Å². The number of anilines is 1. The molecule has 4 rings (SSSR count). The van der Waals surface area contributed by atoms with Gasteiger partial charge in [-0.3, -0.25) is 0 Å². The minimum absolute atomic E-state index is 0.0368. The largest absolute Gasteiger partial charge is 0.392 e. The molecule has 1 aliphatic rings. The predicted octanol–water partition coefficient (Wildman–Crippen LogP) is 2.53. The van der Waals surface area contributed by atoms with E-state index in [1.807, 2.05) is 18.7 Å². The van der Waals surface area contributed by atoms with Crippen molar-refractivity contribution in [3.05, 3.63) is 35.8 Å². The number of morpholine rings is 1. The first-order chi connectivity index (χ1) is 12.6.